The van der Waals surface area contributed by atoms with Crippen LogP contribution in [0.2, 0.25) is 10.0 Å². The first-order valence-electron chi connectivity index (χ1n) is 8.22. The van der Waals surface area contributed by atoms with Gasteiger partial charge in [-0.05, 0) is 24.3 Å². The van der Waals surface area contributed by atoms with E-state index in [4.69, 9.17) is 23.2 Å². The zero-order valence-corrected chi connectivity index (χ0v) is 15.8. The lowest BCUT2D eigenvalue weighted by Crippen LogP contribution is -2.24. The molecule has 0 saturated carbocycles. The number of rotatable bonds is 3. The van der Waals surface area contributed by atoms with Crippen LogP contribution in [0, 0.1) is 0 Å². The quantitative estimate of drug-likeness (QED) is 0.544. The van der Waals surface area contributed by atoms with E-state index in [1.54, 1.807) is 22.9 Å². The fourth-order valence-electron chi connectivity index (χ4n) is 2.82. The maximum atomic E-state index is 12.9. The first-order valence-corrected chi connectivity index (χ1v) is 8.98. The highest BCUT2D eigenvalue weighted by Crippen LogP contribution is 2.29. The highest BCUT2D eigenvalue weighted by Gasteiger charge is 2.19. The largest absolute Gasteiger partial charge is 0.319 e. The Morgan fingerprint density at radius 2 is 1.71 bits per heavy atom. The summed E-state index contributed by atoms with van der Waals surface area (Å²) in [5, 5.41) is 3.27. The molecule has 0 atom stereocenters. The number of nitrogens with zero attached hydrogens (tertiary/aromatic N) is 3. The first kappa shape index (κ1) is 18.2. The van der Waals surface area contributed by atoms with Crippen LogP contribution in [0.1, 0.15) is 10.4 Å². The SMILES string of the molecule is O=C(Nc1c(Cl)cncc1Cl)c1cn(-c2ccccc2)c2ncccc2c1=O. The number of carbonyl (C=O) groups excluding carboxylic acids is 1. The number of aromatic nitrogens is 3. The summed E-state index contributed by atoms with van der Waals surface area (Å²) < 4.78 is 1.70. The summed E-state index contributed by atoms with van der Waals surface area (Å²) in [5.74, 6) is -0.629. The van der Waals surface area contributed by atoms with E-state index < -0.39 is 11.3 Å². The Bertz CT molecular complexity index is 1240. The van der Waals surface area contributed by atoms with Crippen molar-refractivity contribution in [3.8, 4) is 5.69 Å². The molecule has 1 N–H and O–H groups in total. The van der Waals surface area contributed by atoms with Gasteiger partial charge in [0.05, 0.1) is 21.1 Å². The number of anilines is 1. The third-order valence-electron chi connectivity index (χ3n) is 4.13. The van der Waals surface area contributed by atoms with Gasteiger partial charge in [-0.15, -0.1) is 0 Å². The highest BCUT2D eigenvalue weighted by atomic mass is 35.5. The Morgan fingerprint density at radius 3 is 2.43 bits per heavy atom. The zero-order valence-electron chi connectivity index (χ0n) is 14.3. The maximum Gasteiger partial charge on any atom is 0.261 e. The van der Waals surface area contributed by atoms with Crippen molar-refractivity contribution in [1.29, 1.82) is 0 Å². The minimum Gasteiger partial charge on any atom is -0.319 e. The molecular weight excluding hydrogens is 399 g/mol. The second-order valence-corrected chi connectivity index (χ2v) is 6.70. The predicted octanol–water partition coefficient (Wildman–Crippen LogP) is 4.34. The molecule has 1 aromatic carbocycles. The number of benzene rings is 1. The van der Waals surface area contributed by atoms with Crippen LogP contribution < -0.4 is 10.7 Å². The second-order valence-electron chi connectivity index (χ2n) is 5.88. The molecule has 0 aliphatic carbocycles. The first-order chi connectivity index (χ1) is 13.6. The second kappa shape index (κ2) is 7.42. The van der Waals surface area contributed by atoms with E-state index in [1.807, 2.05) is 30.3 Å². The lowest BCUT2D eigenvalue weighted by molar-refractivity contribution is 0.102. The highest BCUT2D eigenvalue weighted by molar-refractivity contribution is 6.39. The van der Waals surface area contributed by atoms with E-state index in [1.165, 1.54) is 18.6 Å². The van der Waals surface area contributed by atoms with Crippen LogP contribution in [0.3, 0.4) is 0 Å². The van der Waals surface area contributed by atoms with E-state index in [2.05, 4.69) is 15.3 Å². The number of hydrogen-bond donors (Lipinski definition) is 1. The monoisotopic (exact) mass is 410 g/mol. The van der Waals surface area contributed by atoms with Crippen molar-refractivity contribution in [3.05, 3.63) is 93.1 Å². The molecule has 28 heavy (non-hydrogen) atoms. The summed E-state index contributed by atoms with van der Waals surface area (Å²) in [7, 11) is 0. The van der Waals surface area contributed by atoms with Crippen molar-refractivity contribution in [3.63, 3.8) is 0 Å². The van der Waals surface area contributed by atoms with Crippen molar-refractivity contribution in [2.45, 2.75) is 0 Å². The van der Waals surface area contributed by atoms with Crippen LogP contribution >= 0.6 is 23.2 Å². The van der Waals surface area contributed by atoms with Gasteiger partial charge in [-0.25, -0.2) is 4.98 Å². The number of halogens is 2. The van der Waals surface area contributed by atoms with E-state index in [0.717, 1.165) is 5.69 Å². The molecule has 6 nitrogen and oxygen atoms in total. The summed E-state index contributed by atoms with van der Waals surface area (Å²) in [6.45, 7) is 0. The van der Waals surface area contributed by atoms with Gasteiger partial charge < -0.3 is 9.88 Å². The Kier molecular flexibility index (Phi) is 4.81. The van der Waals surface area contributed by atoms with E-state index in [0.29, 0.717) is 11.0 Å². The summed E-state index contributed by atoms with van der Waals surface area (Å²) in [5.41, 5.74) is 0.915. The molecule has 0 saturated heterocycles. The molecule has 138 valence electrons. The molecule has 0 radical (unpaired) electrons. The molecule has 0 spiro atoms. The molecular formula is C20H12Cl2N4O2. The number of hydrogen-bond acceptors (Lipinski definition) is 4. The van der Waals surface area contributed by atoms with Crippen molar-refractivity contribution in [1.82, 2.24) is 14.5 Å². The van der Waals surface area contributed by atoms with Gasteiger partial charge in [-0.3, -0.25) is 14.6 Å². The van der Waals surface area contributed by atoms with Gasteiger partial charge in [0.15, 0.2) is 0 Å². The number of para-hydroxylation sites is 1. The predicted molar refractivity (Wildman–Crippen MR) is 110 cm³/mol. The number of pyridine rings is 3. The molecule has 0 bridgehead atoms. The van der Waals surface area contributed by atoms with E-state index >= 15 is 0 Å². The van der Waals surface area contributed by atoms with Crippen molar-refractivity contribution in [2.24, 2.45) is 0 Å². The van der Waals surface area contributed by atoms with Gasteiger partial charge >= 0.3 is 0 Å². The third-order valence-corrected chi connectivity index (χ3v) is 4.71. The Labute approximate surface area is 169 Å². The van der Waals surface area contributed by atoms with Gasteiger partial charge in [0, 0.05) is 30.5 Å². The smallest absolute Gasteiger partial charge is 0.261 e. The van der Waals surface area contributed by atoms with Crippen LogP contribution in [0.15, 0.2) is 72.0 Å². The number of amides is 1. The van der Waals surface area contributed by atoms with E-state index in [-0.39, 0.29) is 21.3 Å². The third kappa shape index (κ3) is 3.24. The van der Waals surface area contributed by atoms with Crippen LogP contribution in [0.25, 0.3) is 16.7 Å². The molecule has 1 amide bonds. The molecule has 8 heteroatoms. The number of nitrogens with one attached hydrogen (secondary N) is 1. The van der Waals surface area contributed by atoms with Crippen molar-refractivity contribution >= 4 is 45.8 Å². The molecule has 0 aliphatic heterocycles. The minimum absolute atomic E-state index is 0.0618. The normalized spacial score (nSPS) is 10.8. The molecule has 0 aliphatic rings. The number of fused-ring (bicyclic) bond motifs is 1. The average Bonchev–Trinajstić information content (AvgIpc) is 2.72. The van der Waals surface area contributed by atoms with Crippen LogP contribution in [-0.2, 0) is 0 Å². The van der Waals surface area contributed by atoms with Crippen LogP contribution in [0.5, 0.6) is 0 Å². The fraction of sp³-hybridized carbons (Fsp3) is 0. The van der Waals surface area contributed by atoms with Crippen LogP contribution in [-0.4, -0.2) is 20.4 Å². The Morgan fingerprint density at radius 1 is 1.00 bits per heavy atom. The molecule has 3 heterocycles. The molecule has 4 rings (SSSR count). The molecule has 0 fully saturated rings. The van der Waals surface area contributed by atoms with Gasteiger partial charge in [-0.1, -0.05) is 41.4 Å². The van der Waals surface area contributed by atoms with Crippen LogP contribution in [0.4, 0.5) is 5.69 Å². The average molecular weight is 411 g/mol. The topological polar surface area (TPSA) is 76.9 Å². The molecule has 4 aromatic rings. The van der Waals surface area contributed by atoms with E-state index in [9.17, 15) is 9.59 Å². The molecule has 3 aromatic heterocycles. The Balaban J connectivity index is 1.89. The zero-order chi connectivity index (χ0) is 19.7. The summed E-state index contributed by atoms with van der Waals surface area (Å²) in [4.78, 5) is 34.0. The van der Waals surface area contributed by atoms with Gasteiger partial charge in [-0.2, -0.15) is 0 Å². The lowest BCUT2D eigenvalue weighted by Gasteiger charge is -2.13. The van der Waals surface area contributed by atoms with Gasteiger partial charge in [0.1, 0.15) is 11.2 Å². The summed E-state index contributed by atoms with van der Waals surface area (Å²) in [6, 6.07) is 12.6. The lowest BCUT2D eigenvalue weighted by atomic mass is 10.1. The summed E-state index contributed by atoms with van der Waals surface area (Å²) >= 11 is 12.1. The maximum absolute atomic E-state index is 12.9. The van der Waals surface area contributed by atoms with Crippen molar-refractivity contribution in [2.75, 3.05) is 5.32 Å². The fourth-order valence-corrected chi connectivity index (χ4v) is 3.28. The standard InChI is InChI=1S/C20H12Cl2N4O2/c21-15-9-23-10-16(22)17(15)25-20(28)14-11-26(12-5-2-1-3-6-12)19-13(18(14)27)7-4-8-24-19/h1-11H,(H,23,25,28). The molecule has 0 unspecified atom stereocenters. The van der Waals surface area contributed by atoms with Gasteiger partial charge in [0.25, 0.3) is 5.91 Å². The Hall–Kier alpha value is -3.22. The summed E-state index contributed by atoms with van der Waals surface area (Å²) in [6.07, 6.45) is 5.77. The van der Waals surface area contributed by atoms with Crippen molar-refractivity contribution < 1.29 is 4.79 Å². The number of carbonyl (C=O) groups is 1. The minimum atomic E-state index is -0.629. The van der Waals surface area contributed by atoms with Gasteiger partial charge in [0.2, 0.25) is 5.43 Å².